The van der Waals surface area contributed by atoms with Crippen LogP contribution in [0, 0.1) is 0 Å². The van der Waals surface area contributed by atoms with Gasteiger partial charge in [0.15, 0.2) is 0 Å². The van der Waals surface area contributed by atoms with E-state index in [1.807, 2.05) is 19.2 Å². The molecule has 2 heterocycles. The summed E-state index contributed by atoms with van der Waals surface area (Å²) < 4.78 is 0. The maximum absolute atomic E-state index is 5.83. The molecule has 2 N–H and O–H groups in total. The van der Waals surface area contributed by atoms with E-state index in [-0.39, 0.29) is 6.04 Å². The molecule has 0 radical (unpaired) electrons. The lowest BCUT2D eigenvalue weighted by molar-refractivity contribution is 0.337. The van der Waals surface area contributed by atoms with Crippen molar-refractivity contribution >= 4 is 5.69 Å². The fraction of sp³-hybridized carbons (Fsp3) is 0.643. The normalized spacial score (nSPS) is 23.8. The number of rotatable bonds is 2. The molecule has 1 fully saturated rings. The highest BCUT2D eigenvalue weighted by atomic mass is 15.2. The van der Waals surface area contributed by atoms with E-state index in [4.69, 9.17) is 5.73 Å². The van der Waals surface area contributed by atoms with Gasteiger partial charge in [-0.15, -0.1) is 0 Å². The largest absolute Gasteiger partial charge is 0.366 e. The van der Waals surface area contributed by atoms with E-state index in [9.17, 15) is 0 Å². The van der Waals surface area contributed by atoms with Crippen molar-refractivity contribution in [1.82, 2.24) is 9.88 Å². The summed E-state index contributed by atoms with van der Waals surface area (Å²) >= 11 is 0. The van der Waals surface area contributed by atoms with Gasteiger partial charge < -0.3 is 15.5 Å². The van der Waals surface area contributed by atoms with E-state index in [1.54, 1.807) is 0 Å². The SMILES string of the molecule is CC(N)c1ccc(N2CCCN(C)CC2C)cn1. The number of anilines is 1. The lowest BCUT2D eigenvalue weighted by Crippen LogP contribution is -2.38. The molecule has 0 aromatic carbocycles. The molecule has 0 spiro atoms. The molecular weight excluding hydrogens is 224 g/mol. The highest BCUT2D eigenvalue weighted by Gasteiger charge is 2.20. The van der Waals surface area contributed by atoms with Gasteiger partial charge in [-0.25, -0.2) is 0 Å². The number of pyridine rings is 1. The van der Waals surface area contributed by atoms with Gasteiger partial charge in [0.25, 0.3) is 0 Å². The Hall–Kier alpha value is -1.13. The zero-order valence-electron chi connectivity index (χ0n) is 11.6. The first-order chi connectivity index (χ1) is 8.58. The minimum atomic E-state index is 0.00624. The topological polar surface area (TPSA) is 45.4 Å². The molecule has 4 nitrogen and oxygen atoms in total. The molecular formula is C14H24N4. The van der Waals surface area contributed by atoms with Gasteiger partial charge in [-0.1, -0.05) is 0 Å². The van der Waals surface area contributed by atoms with Crippen molar-refractivity contribution in [2.75, 3.05) is 31.6 Å². The molecule has 0 bridgehead atoms. The van der Waals surface area contributed by atoms with Crippen LogP contribution >= 0.6 is 0 Å². The summed E-state index contributed by atoms with van der Waals surface area (Å²) in [5.74, 6) is 0. The minimum absolute atomic E-state index is 0.00624. The highest BCUT2D eigenvalue weighted by molar-refractivity contribution is 5.46. The summed E-state index contributed by atoms with van der Waals surface area (Å²) in [5, 5.41) is 0. The zero-order valence-corrected chi connectivity index (χ0v) is 11.6. The number of hydrogen-bond acceptors (Lipinski definition) is 4. The van der Waals surface area contributed by atoms with E-state index in [2.05, 4.69) is 34.8 Å². The van der Waals surface area contributed by atoms with Crippen molar-refractivity contribution < 1.29 is 0 Å². The Balaban J connectivity index is 2.14. The van der Waals surface area contributed by atoms with Crippen LogP contribution in [-0.4, -0.2) is 42.6 Å². The van der Waals surface area contributed by atoms with Crippen LogP contribution in [0.15, 0.2) is 18.3 Å². The Labute approximate surface area is 110 Å². The summed E-state index contributed by atoms with van der Waals surface area (Å²) in [6.07, 6.45) is 3.16. The average Bonchev–Trinajstić information content (AvgIpc) is 2.50. The monoisotopic (exact) mass is 248 g/mol. The molecule has 2 atom stereocenters. The van der Waals surface area contributed by atoms with E-state index in [1.165, 1.54) is 18.7 Å². The van der Waals surface area contributed by atoms with E-state index in [0.717, 1.165) is 18.8 Å². The molecule has 18 heavy (non-hydrogen) atoms. The number of likely N-dealkylation sites (N-methyl/N-ethyl adjacent to an activating group) is 1. The Morgan fingerprint density at radius 1 is 1.39 bits per heavy atom. The van der Waals surface area contributed by atoms with Crippen molar-refractivity contribution in [2.45, 2.75) is 32.4 Å². The van der Waals surface area contributed by atoms with Crippen molar-refractivity contribution in [2.24, 2.45) is 5.73 Å². The fourth-order valence-electron chi connectivity index (χ4n) is 2.59. The molecule has 1 aliphatic rings. The van der Waals surface area contributed by atoms with Crippen LogP contribution in [0.2, 0.25) is 0 Å². The number of hydrogen-bond donors (Lipinski definition) is 1. The quantitative estimate of drug-likeness (QED) is 0.864. The summed E-state index contributed by atoms with van der Waals surface area (Å²) in [6, 6.07) is 4.72. The molecule has 100 valence electrons. The molecule has 1 saturated heterocycles. The number of aromatic nitrogens is 1. The predicted octanol–water partition coefficient (Wildman–Crippen LogP) is 1.63. The molecule has 1 aliphatic heterocycles. The summed E-state index contributed by atoms with van der Waals surface area (Å²) in [6.45, 7) is 7.62. The summed E-state index contributed by atoms with van der Waals surface area (Å²) in [7, 11) is 2.19. The van der Waals surface area contributed by atoms with Gasteiger partial charge in [-0.3, -0.25) is 4.98 Å². The third-order valence-corrected chi connectivity index (χ3v) is 3.62. The Morgan fingerprint density at radius 3 is 2.78 bits per heavy atom. The molecule has 1 aromatic rings. The van der Waals surface area contributed by atoms with Gasteiger partial charge in [-0.05, 0) is 46.0 Å². The second kappa shape index (κ2) is 5.67. The molecule has 2 unspecified atom stereocenters. The highest BCUT2D eigenvalue weighted by Crippen LogP contribution is 2.20. The third kappa shape index (κ3) is 3.00. The van der Waals surface area contributed by atoms with E-state index in [0.29, 0.717) is 6.04 Å². The van der Waals surface area contributed by atoms with Gasteiger partial charge in [0, 0.05) is 25.2 Å². The maximum Gasteiger partial charge on any atom is 0.0569 e. The van der Waals surface area contributed by atoms with Crippen LogP contribution in [0.4, 0.5) is 5.69 Å². The van der Waals surface area contributed by atoms with Gasteiger partial charge in [-0.2, -0.15) is 0 Å². The molecule has 0 saturated carbocycles. The first kappa shape index (κ1) is 13.3. The van der Waals surface area contributed by atoms with Crippen LogP contribution in [-0.2, 0) is 0 Å². The van der Waals surface area contributed by atoms with Crippen LogP contribution < -0.4 is 10.6 Å². The molecule has 0 amide bonds. The third-order valence-electron chi connectivity index (χ3n) is 3.62. The maximum atomic E-state index is 5.83. The van der Waals surface area contributed by atoms with Gasteiger partial charge in [0.05, 0.1) is 17.6 Å². The fourth-order valence-corrected chi connectivity index (χ4v) is 2.59. The molecule has 0 aliphatic carbocycles. The van der Waals surface area contributed by atoms with Crippen molar-refractivity contribution in [3.63, 3.8) is 0 Å². The summed E-state index contributed by atoms with van der Waals surface area (Å²) in [5.41, 5.74) is 8.00. The predicted molar refractivity (Wildman–Crippen MR) is 75.8 cm³/mol. The first-order valence-corrected chi connectivity index (χ1v) is 6.74. The van der Waals surface area contributed by atoms with Crippen molar-refractivity contribution in [3.05, 3.63) is 24.0 Å². The molecule has 2 rings (SSSR count). The summed E-state index contributed by atoms with van der Waals surface area (Å²) in [4.78, 5) is 9.30. The first-order valence-electron chi connectivity index (χ1n) is 6.74. The van der Waals surface area contributed by atoms with Crippen LogP contribution in [0.25, 0.3) is 0 Å². The lowest BCUT2D eigenvalue weighted by Gasteiger charge is -2.30. The van der Waals surface area contributed by atoms with E-state index < -0.39 is 0 Å². The van der Waals surface area contributed by atoms with Crippen LogP contribution in [0.1, 0.15) is 32.0 Å². The standard InChI is InChI=1S/C14H24N4/c1-11-10-17(3)7-4-8-18(11)13-5-6-14(12(2)15)16-9-13/h5-6,9,11-12H,4,7-8,10,15H2,1-3H3. The van der Waals surface area contributed by atoms with Crippen LogP contribution in [0.3, 0.4) is 0 Å². The average molecular weight is 248 g/mol. The van der Waals surface area contributed by atoms with Crippen LogP contribution in [0.5, 0.6) is 0 Å². The zero-order chi connectivity index (χ0) is 13.1. The Morgan fingerprint density at radius 2 is 2.17 bits per heavy atom. The number of nitrogens with zero attached hydrogens (tertiary/aromatic N) is 3. The molecule has 1 aromatic heterocycles. The van der Waals surface area contributed by atoms with Crippen molar-refractivity contribution in [3.8, 4) is 0 Å². The lowest BCUT2D eigenvalue weighted by atomic mass is 10.2. The minimum Gasteiger partial charge on any atom is -0.366 e. The second-order valence-electron chi connectivity index (χ2n) is 5.39. The second-order valence-corrected chi connectivity index (χ2v) is 5.39. The Bertz CT molecular complexity index is 374. The Kier molecular flexibility index (Phi) is 4.19. The van der Waals surface area contributed by atoms with Gasteiger partial charge in [0.1, 0.15) is 0 Å². The van der Waals surface area contributed by atoms with E-state index >= 15 is 0 Å². The molecule has 4 heteroatoms. The van der Waals surface area contributed by atoms with Crippen molar-refractivity contribution in [1.29, 1.82) is 0 Å². The van der Waals surface area contributed by atoms with Gasteiger partial charge >= 0.3 is 0 Å². The smallest absolute Gasteiger partial charge is 0.0569 e. The number of nitrogens with two attached hydrogens (primary N) is 1. The van der Waals surface area contributed by atoms with Gasteiger partial charge in [0.2, 0.25) is 0 Å².